The molecule has 0 spiro atoms. The van der Waals surface area contributed by atoms with Crippen LogP contribution >= 0.6 is 0 Å². The van der Waals surface area contributed by atoms with Gasteiger partial charge in [-0.05, 0) is 62.4 Å². The van der Waals surface area contributed by atoms with E-state index in [0.717, 1.165) is 11.1 Å². The van der Waals surface area contributed by atoms with E-state index < -0.39 is 11.8 Å². The van der Waals surface area contributed by atoms with Gasteiger partial charge in [-0.1, -0.05) is 6.07 Å². The van der Waals surface area contributed by atoms with Crippen molar-refractivity contribution in [3.63, 3.8) is 0 Å². The monoisotopic (exact) mass is 481 g/mol. The van der Waals surface area contributed by atoms with Crippen LogP contribution in [0.1, 0.15) is 32.4 Å². The molecule has 0 bridgehead atoms. The van der Waals surface area contributed by atoms with Crippen molar-refractivity contribution in [2.75, 3.05) is 5.32 Å². The second kappa shape index (κ2) is 8.66. The van der Waals surface area contributed by atoms with Gasteiger partial charge in [0, 0.05) is 52.8 Å². The third kappa shape index (κ3) is 4.05. The summed E-state index contributed by atoms with van der Waals surface area (Å²) in [4.78, 5) is 41.5. The Hall–Kier alpha value is -4.99. The number of carbonyl (C=O) groups is 2. The molecule has 0 aliphatic heterocycles. The van der Waals surface area contributed by atoms with E-state index in [1.165, 1.54) is 10.7 Å². The number of fused-ring (bicyclic) bond motifs is 1. The summed E-state index contributed by atoms with van der Waals surface area (Å²) in [6.45, 7) is 3.60. The zero-order chi connectivity index (χ0) is 25.6. The molecule has 5 rings (SSSR count). The molecule has 3 aromatic heterocycles. The number of nitrogens with two attached hydrogens (primary N) is 1. The van der Waals surface area contributed by atoms with Gasteiger partial charge in [0.05, 0.1) is 5.69 Å². The second-order valence-electron chi connectivity index (χ2n) is 8.48. The van der Waals surface area contributed by atoms with Gasteiger partial charge in [-0.3, -0.25) is 9.59 Å². The predicted octanol–water partition coefficient (Wildman–Crippen LogP) is 2.88. The van der Waals surface area contributed by atoms with Crippen LogP contribution < -0.4 is 16.7 Å². The lowest BCUT2D eigenvalue weighted by Gasteiger charge is -2.08. The van der Waals surface area contributed by atoms with Crippen molar-refractivity contribution in [3.8, 4) is 11.4 Å². The number of rotatable bonds is 5. The molecule has 0 aliphatic carbocycles. The summed E-state index contributed by atoms with van der Waals surface area (Å²) >= 11 is 0. The highest BCUT2D eigenvalue weighted by Crippen LogP contribution is 2.24. The van der Waals surface area contributed by atoms with Gasteiger partial charge in [-0.25, -0.2) is 19.0 Å². The first-order valence-corrected chi connectivity index (χ1v) is 11.2. The van der Waals surface area contributed by atoms with Crippen LogP contribution in [0.3, 0.4) is 0 Å². The second-order valence-corrected chi connectivity index (χ2v) is 8.48. The normalized spacial score (nSPS) is 11.1. The fourth-order valence-corrected chi connectivity index (χ4v) is 4.20. The molecule has 5 aromatic rings. The zero-order valence-corrected chi connectivity index (χ0v) is 19.9. The van der Waals surface area contributed by atoms with Crippen LogP contribution in [0.2, 0.25) is 0 Å². The molecule has 10 nitrogen and oxygen atoms in total. The maximum Gasteiger partial charge on any atom is 0.350 e. The van der Waals surface area contributed by atoms with Gasteiger partial charge in [-0.2, -0.15) is 5.10 Å². The molecule has 3 N–H and O–H groups in total. The zero-order valence-electron chi connectivity index (χ0n) is 19.9. The molecule has 0 fully saturated rings. The average Bonchev–Trinajstić information content (AvgIpc) is 3.38. The number of anilines is 1. The van der Waals surface area contributed by atoms with Crippen LogP contribution in [-0.2, 0) is 7.05 Å². The fourth-order valence-electron chi connectivity index (χ4n) is 4.20. The molecule has 0 aliphatic rings. The lowest BCUT2D eigenvalue weighted by molar-refractivity contribution is 0.0995. The molecule has 0 saturated carbocycles. The fraction of sp³-hybridized carbons (Fsp3) is 0.115. The van der Waals surface area contributed by atoms with E-state index in [4.69, 9.17) is 5.73 Å². The van der Waals surface area contributed by atoms with Crippen molar-refractivity contribution in [3.05, 3.63) is 100 Å². The van der Waals surface area contributed by atoms with E-state index in [1.807, 2.05) is 54.2 Å². The van der Waals surface area contributed by atoms with Crippen molar-refractivity contribution in [1.82, 2.24) is 23.9 Å². The Morgan fingerprint density at radius 1 is 0.972 bits per heavy atom. The van der Waals surface area contributed by atoms with E-state index in [9.17, 15) is 14.4 Å². The van der Waals surface area contributed by atoms with E-state index in [1.54, 1.807) is 36.7 Å². The number of benzene rings is 2. The van der Waals surface area contributed by atoms with Gasteiger partial charge in [0.15, 0.2) is 0 Å². The molecule has 3 heterocycles. The van der Waals surface area contributed by atoms with E-state index in [0.29, 0.717) is 33.8 Å². The van der Waals surface area contributed by atoms with Gasteiger partial charge >= 0.3 is 5.69 Å². The highest BCUT2D eigenvalue weighted by Gasteiger charge is 2.16. The van der Waals surface area contributed by atoms with Gasteiger partial charge in [0.2, 0.25) is 5.91 Å². The number of hydrogen-bond donors (Lipinski definition) is 2. The van der Waals surface area contributed by atoms with Crippen LogP contribution in [0.4, 0.5) is 5.69 Å². The van der Waals surface area contributed by atoms with Crippen molar-refractivity contribution in [2.24, 2.45) is 12.8 Å². The van der Waals surface area contributed by atoms with Crippen LogP contribution in [0.15, 0.2) is 71.8 Å². The molecule has 180 valence electrons. The van der Waals surface area contributed by atoms with Gasteiger partial charge in [-0.15, -0.1) is 0 Å². The quantitative estimate of drug-likeness (QED) is 0.399. The number of nitrogens with zero attached hydrogens (tertiary/aromatic N) is 5. The summed E-state index contributed by atoms with van der Waals surface area (Å²) in [6, 6.07) is 15.8. The Labute approximate surface area is 205 Å². The molecule has 36 heavy (non-hydrogen) atoms. The van der Waals surface area contributed by atoms with Crippen molar-refractivity contribution >= 4 is 28.3 Å². The molecule has 0 saturated heterocycles. The van der Waals surface area contributed by atoms with E-state index in [2.05, 4.69) is 15.4 Å². The highest BCUT2D eigenvalue weighted by molar-refractivity contribution is 6.11. The van der Waals surface area contributed by atoms with Crippen molar-refractivity contribution in [1.29, 1.82) is 0 Å². The predicted molar refractivity (Wildman–Crippen MR) is 136 cm³/mol. The molecule has 2 aromatic carbocycles. The van der Waals surface area contributed by atoms with Gasteiger partial charge < -0.3 is 15.6 Å². The third-order valence-corrected chi connectivity index (χ3v) is 5.88. The summed E-state index contributed by atoms with van der Waals surface area (Å²) in [6.07, 6.45) is 3.76. The lowest BCUT2D eigenvalue weighted by atomic mass is 10.1. The van der Waals surface area contributed by atoms with E-state index >= 15 is 0 Å². The standard InChI is InChI=1S/C26H23N7O3/c1-15-11-18-13-32(20-7-9-21(10-8-20)33-16(2)30-31(3)26(33)36)14-22(18)23(28-15)25(35)29-19-6-4-5-17(12-19)24(27)34/h4-14H,1-3H3,(H2,27,34)(H,29,35). The van der Waals surface area contributed by atoms with Crippen LogP contribution in [0, 0.1) is 13.8 Å². The third-order valence-electron chi connectivity index (χ3n) is 5.88. The van der Waals surface area contributed by atoms with Crippen LogP contribution in [0.25, 0.3) is 22.1 Å². The Morgan fingerprint density at radius 3 is 2.36 bits per heavy atom. The Balaban J connectivity index is 1.49. The number of aromatic nitrogens is 5. The van der Waals surface area contributed by atoms with Crippen LogP contribution in [0.5, 0.6) is 0 Å². The first-order chi connectivity index (χ1) is 17.2. The summed E-state index contributed by atoms with van der Waals surface area (Å²) in [5, 5.41) is 8.49. The minimum atomic E-state index is -0.575. The Bertz CT molecular complexity index is 1710. The summed E-state index contributed by atoms with van der Waals surface area (Å²) in [7, 11) is 1.61. The van der Waals surface area contributed by atoms with Gasteiger partial charge in [0.25, 0.3) is 5.91 Å². The molecule has 10 heteroatoms. The maximum absolute atomic E-state index is 13.1. The Morgan fingerprint density at radius 2 is 1.69 bits per heavy atom. The number of pyridine rings is 1. The topological polar surface area (TPSA) is 130 Å². The van der Waals surface area contributed by atoms with Crippen molar-refractivity contribution in [2.45, 2.75) is 13.8 Å². The number of aryl methyl sites for hydroxylation is 3. The summed E-state index contributed by atoms with van der Waals surface area (Å²) in [5.41, 5.74) is 8.40. The minimum Gasteiger partial charge on any atom is -0.366 e. The maximum atomic E-state index is 13.1. The summed E-state index contributed by atoms with van der Waals surface area (Å²) < 4.78 is 4.74. The van der Waals surface area contributed by atoms with Crippen LogP contribution in [-0.4, -0.2) is 35.7 Å². The van der Waals surface area contributed by atoms with Gasteiger partial charge in [0.1, 0.15) is 11.5 Å². The molecule has 0 atom stereocenters. The largest absolute Gasteiger partial charge is 0.366 e. The molecule has 2 amide bonds. The van der Waals surface area contributed by atoms with E-state index in [-0.39, 0.29) is 11.4 Å². The molecule has 0 unspecified atom stereocenters. The smallest absolute Gasteiger partial charge is 0.350 e. The number of primary amides is 1. The number of carbonyl (C=O) groups excluding carboxylic acids is 2. The number of nitrogens with one attached hydrogen (secondary N) is 1. The average molecular weight is 482 g/mol. The molecular formula is C26H23N7O3. The SMILES string of the molecule is Cc1cc2cn(-c3ccc(-n4c(C)nn(C)c4=O)cc3)cc2c(C(=O)Nc2cccc(C(N)=O)c2)n1. The Kier molecular flexibility index (Phi) is 5.48. The summed E-state index contributed by atoms with van der Waals surface area (Å²) in [5.74, 6) is -0.376. The highest BCUT2D eigenvalue weighted by atomic mass is 16.2. The first-order valence-electron chi connectivity index (χ1n) is 11.2. The molecular weight excluding hydrogens is 458 g/mol. The minimum absolute atomic E-state index is 0.217. The lowest BCUT2D eigenvalue weighted by Crippen LogP contribution is -2.21. The van der Waals surface area contributed by atoms with Crippen molar-refractivity contribution < 1.29 is 9.59 Å². The number of amides is 2. The number of hydrogen-bond acceptors (Lipinski definition) is 5. The molecule has 0 radical (unpaired) electrons. The first kappa shape index (κ1) is 22.8.